The van der Waals surface area contributed by atoms with Crippen LogP contribution in [0.25, 0.3) is 0 Å². The minimum absolute atomic E-state index is 0.0422. The molecule has 0 spiro atoms. The van der Waals surface area contributed by atoms with E-state index in [1.54, 1.807) is 24.3 Å². The van der Waals surface area contributed by atoms with Crippen LogP contribution in [0.2, 0.25) is 5.02 Å². The molecule has 2 rings (SSSR count). The van der Waals surface area contributed by atoms with Gasteiger partial charge in [-0.15, -0.1) is 0 Å². The summed E-state index contributed by atoms with van der Waals surface area (Å²) in [6, 6.07) is 10.4. The number of nitro benzene ring substituents is 1. The van der Waals surface area contributed by atoms with Gasteiger partial charge in [-0.05, 0) is 52.9 Å². The molecule has 0 aliphatic heterocycles. The number of carbonyl (C=O) groups excluding carboxylic acids is 1. The van der Waals surface area contributed by atoms with Gasteiger partial charge in [-0.25, -0.2) is 4.79 Å². The Kier molecular flexibility index (Phi) is 4.56. The van der Waals surface area contributed by atoms with E-state index in [1.165, 1.54) is 12.1 Å². The number of benzene rings is 2. The summed E-state index contributed by atoms with van der Waals surface area (Å²) in [6.07, 6.45) is 0. The van der Waals surface area contributed by atoms with Crippen molar-refractivity contribution < 1.29 is 14.5 Å². The number of hydrogen-bond donors (Lipinski definition) is 0. The SMILES string of the molecule is O=C(Oc1ccc(I)cc1)c1cc([N+](=O)[O-])ccc1Cl. The lowest BCUT2D eigenvalue weighted by Gasteiger charge is -2.05. The summed E-state index contributed by atoms with van der Waals surface area (Å²) in [7, 11) is 0. The molecular weight excluding hydrogens is 397 g/mol. The molecule has 2 aromatic rings. The van der Waals surface area contributed by atoms with E-state index >= 15 is 0 Å². The molecule has 0 aromatic heterocycles. The van der Waals surface area contributed by atoms with Gasteiger partial charge >= 0.3 is 5.97 Å². The maximum absolute atomic E-state index is 12.0. The van der Waals surface area contributed by atoms with E-state index in [0.717, 1.165) is 9.64 Å². The summed E-state index contributed by atoms with van der Waals surface area (Å²) in [5.41, 5.74) is -0.261. The van der Waals surface area contributed by atoms with E-state index in [4.69, 9.17) is 16.3 Å². The molecule has 0 aliphatic carbocycles. The van der Waals surface area contributed by atoms with Crippen LogP contribution >= 0.6 is 34.2 Å². The number of esters is 1. The van der Waals surface area contributed by atoms with Crippen LogP contribution < -0.4 is 4.74 Å². The first-order valence-corrected chi connectivity index (χ1v) is 6.85. The highest BCUT2D eigenvalue weighted by atomic mass is 127. The monoisotopic (exact) mass is 403 g/mol. The van der Waals surface area contributed by atoms with Crippen molar-refractivity contribution in [3.05, 3.63) is 66.7 Å². The average molecular weight is 404 g/mol. The molecule has 2 aromatic carbocycles. The lowest BCUT2D eigenvalue weighted by Crippen LogP contribution is -2.09. The Morgan fingerprint density at radius 1 is 1.20 bits per heavy atom. The zero-order valence-electron chi connectivity index (χ0n) is 9.88. The summed E-state index contributed by atoms with van der Waals surface area (Å²) >= 11 is 7.98. The van der Waals surface area contributed by atoms with Crippen molar-refractivity contribution in [3.8, 4) is 5.75 Å². The first-order chi connectivity index (χ1) is 9.47. The fourth-order valence-electron chi connectivity index (χ4n) is 1.45. The van der Waals surface area contributed by atoms with E-state index in [-0.39, 0.29) is 16.3 Å². The molecule has 5 nitrogen and oxygen atoms in total. The fourth-order valence-corrected chi connectivity index (χ4v) is 2.00. The molecule has 0 heterocycles. The van der Waals surface area contributed by atoms with Gasteiger partial charge in [0.2, 0.25) is 0 Å². The Labute approximate surface area is 132 Å². The molecule has 0 atom stereocenters. The van der Waals surface area contributed by atoms with Crippen molar-refractivity contribution >= 4 is 45.8 Å². The molecule has 0 fully saturated rings. The molecule has 0 amide bonds. The van der Waals surface area contributed by atoms with Gasteiger partial charge in [0.15, 0.2) is 0 Å². The smallest absolute Gasteiger partial charge is 0.345 e. The van der Waals surface area contributed by atoms with Gasteiger partial charge in [-0.1, -0.05) is 11.6 Å². The fraction of sp³-hybridized carbons (Fsp3) is 0. The van der Waals surface area contributed by atoms with Gasteiger partial charge in [0.25, 0.3) is 5.69 Å². The van der Waals surface area contributed by atoms with E-state index < -0.39 is 10.9 Å². The molecule has 20 heavy (non-hydrogen) atoms. The molecule has 0 saturated carbocycles. The third kappa shape index (κ3) is 3.45. The standard InChI is InChI=1S/C13H7ClINO4/c14-12-6-3-9(16(18)19)7-11(12)13(17)20-10-4-1-8(15)2-5-10/h1-7H. The normalized spacial score (nSPS) is 10.1. The highest BCUT2D eigenvalue weighted by Crippen LogP contribution is 2.24. The molecule has 7 heteroatoms. The third-order valence-corrected chi connectivity index (χ3v) is 3.45. The van der Waals surface area contributed by atoms with Crippen molar-refractivity contribution in [1.29, 1.82) is 0 Å². The van der Waals surface area contributed by atoms with Gasteiger partial charge in [0.05, 0.1) is 15.5 Å². The van der Waals surface area contributed by atoms with E-state index in [9.17, 15) is 14.9 Å². The van der Waals surface area contributed by atoms with Crippen LogP contribution in [0.3, 0.4) is 0 Å². The Balaban J connectivity index is 2.26. The van der Waals surface area contributed by atoms with Crippen LogP contribution in [0, 0.1) is 13.7 Å². The lowest BCUT2D eigenvalue weighted by molar-refractivity contribution is -0.384. The Morgan fingerprint density at radius 3 is 2.45 bits per heavy atom. The van der Waals surface area contributed by atoms with Crippen LogP contribution in [-0.2, 0) is 0 Å². The topological polar surface area (TPSA) is 69.4 Å². The maximum Gasteiger partial charge on any atom is 0.345 e. The molecule has 0 radical (unpaired) electrons. The largest absolute Gasteiger partial charge is 0.423 e. The van der Waals surface area contributed by atoms with E-state index in [1.807, 2.05) is 0 Å². The van der Waals surface area contributed by atoms with Crippen molar-refractivity contribution in [2.75, 3.05) is 0 Å². The summed E-state index contributed by atoms with van der Waals surface area (Å²) in [6.45, 7) is 0. The van der Waals surface area contributed by atoms with Crippen LogP contribution in [0.4, 0.5) is 5.69 Å². The van der Waals surface area contributed by atoms with Crippen molar-refractivity contribution in [2.24, 2.45) is 0 Å². The highest BCUT2D eigenvalue weighted by Gasteiger charge is 2.17. The van der Waals surface area contributed by atoms with Crippen molar-refractivity contribution in [2.45, 2.75) is 0 Å². The van der Waals surface area contributed by atoms with E-state index in [0.29, 0.717) is 5.75 Å². The number of ether oxygens (including phenoxy) is 1. The highest BCUT2D eigenvalue weighted by molar-refractivity contribution is 14.1. The Hall–Kier alpha value is -1.67. The lowest BCUT2D eigenvalue weighted by atomic mass is 10.2. The number of halogens is 2. The molecule has 0 aliphatic rings. The summed E-state index contributed by atoms with van der Waals surface area (Å²) < 4.78 is 6.12. The number of non-ortho nitro benzene ring substituents is 1. The van der Waals surface area contributed by atoms with Gasteiger partial charge in [0, 0.05) is 15.7 Å². The minimum Gasteiger partial charge on any atom is -0.423 e. The average Bonchev–Trinajstić information content (AvgIpc) is 2.41. The number of nitrogens with zero attached hydrogens (tertiary/aromatic N) is 1. The summed E-state index contributed by atoms with van der Waals surface area (Å²) in [5, 5.41) is 10.8. The third-order valence-electron chi connectivity index (χ3n) is 2.40. The predicted octanol–water partition coefficient (Wildman–Crippen LogP) is 4.07. The minimum atomic E-state index is -0.736. The molecule has 0 saturated heterocycles. The summed E-state index contributed by atoms with van der Waals surface area (Å²) in [5.74, 6) is -0.391. The molecular formula is C13H7ClINO4. The number of nitro groups is 1. The second-order valence-electron chi connectivity index (χ2n) is 3.76. The van der Waals surface area contributed by atoms with Gasteiger partial charge in [-0.3, -0.25) is 10.1 Å². The van der Waals surface area contributed by atoms with Crippen LogP contribution in [-0.4, -0.2) is 10.9 Å². The zero-order chi connectivity index (χ0) is 14.7. The van der Waals surface area contributed by atoms with Gasteiger partial charge in [-0.2, -0.15) is 0 Å². The van der Waals surface area contributed by atoms with Crippen LogP contribution in [0.1, 0.15) is 10.4 Å². The number of carbonyl (C=O) groups is 1. The summed E-state index contributed by atoms with van der Waals surface area (Å²) in [4.78, 5) is 22.1. The predicted molar refractivity (Wildman–Crippen MR) is 82.2 cm³/mol. The molecule has 0 unspecified atom stereocenters. The second-order valence-corrected chi connectivity index (χ2v) is 5.42. The number of rotatable bonds is 3. The van der Waals surface area contributed by atoms with Crippen molar-refractivity contribution in [1.82, 2.24) is 0 Å². The van der Waals surface area contributed by atoms with Crippen LogP contribution in [0.15, 0.2) is 42.5 Å². The Bertz CT molecular complexity index is 673. The van der Waals surface area contributed by atoms with Crippen molar-refractivity contribution in [3.63, 3.8) is 0 Å². The first kappa shape index (κ1) is 14.7. The maximum atomic E-state index is 12.0. The van der Waals surface area contributed by atoms with Gasteiger partial charge < -0.3 is 4.74 Å². The first-order valence-electron chi connectivity index (χ1n) is 5.39. The molecule has 0 N–H and O–H groups in total. The van der Waals surface area contributed by atoms with Gasteiger partial charge in [0.1, 0.15) is 5.75 Å². The van der Waals surface area contributed by atoms with Crippen LogP contribution in [0.5, 0.6) is 5.75 Å². The Morgan fingerprint density at radius 2 is 1.85 bits per heavy atom. The van der Waals surface area contributed by atoms with E-state index in [2.05, 4.69) is 22.6 Å². The second kappa shape index (κ2) is 6.19. The number of hydrogen-bond acceptors (Lipinski definition) is 4. The quantitative estimate of drug-likeness (QED) is 0.255. The molecule has 0 bridgehead atoms. The molecule has 102 valence electrons. The zero-order valence-corrected chi connectivity index (χ0v) is 12.8.